The van der Waals surface area contributed by atoms with Gasteiger partial charge in [0, 0.05) is 6.42 Å². The zero-order valence-electron chi connectivity index (χ0n) is 6.36. The summed E-state index contributed by atoms with van der Waals surface area (Å²) in [6.07, 6.45) is 0.331. The van der Waals surface area contributed by atoms with Crippen molar-refractivity contribution >= 4 is 15.9 Å². The number of aliphatic hydroxyl groups is 1. The van der Waals surface area contributed by atoms with Crippen LogP contribution in [0.2, 0.25) is 0 Å². The molecule has 1 saturated carbocycles. The third-order valence-corrected chi connectivity index (χ3v) is 3.70. The van der Waals surface area contributed by atoms with Crippen molar-refractivity contribution in [3.05, 3.63) is 0 Å². The van der Waals surface area contributed by atoms with Gasteiger partial charge in [-0.15, -0.1) is 0 Å². The van der Waals surface area contributed by atoms with Gasteiger partial charge in [-0.2, -0.15) is 8.42 Å². The molecule has 0 saturated heterocycles. The third-order valence-electron chi connectivity index (χ3n) is 2.05. The summed E-state index contributed by atoms with van der Waals surface area (Å²) in [5, 5.41) is 8.37. The average molecular weight is 194 g/mol. The highest BCUT2D eigenvalue weighted by atomic mass is 32.2. The van der Waals surface area contributed by atoms with Crippen molar-refractivity contribution in [1.29, 1.82) is 0 Å². The molecule has 0 aromatic carbocycles. The summed E-state index contributed by atoms with van der Waals surface area (Å²) >= 11 is 0. The normalized spacial score (nSPS) is 20.5. The molecule has 12 heavy (non-hydrogen) atoms. The molecular formula is C6H10O5S. The quantitative estimate of drug-likeness (QED) is 0.581. The molecule has 2 N–H and O–H groups in total. The molecule has 0 radical (unpaired) electrons. The topological polar surface area (TPSA) is 91.7 Å². The molecule has 0 aromatic heterocycles. The van der Waals surface area contributed by atoms with E-state index >= 15 is 0 Å². The van der Waals surface area contributed by atoms with Gasteiger partial charge in [0.25, 0.3) is 10.1 Å². The van der Waals surface area contributed by atoms with E-state index in [1.165, 1.54) is 0 Å². The van der Waals surface area contributed by atoms with E-state index in [9.17, 15) is 13.2 Å². The summed E-state index contributed by atoms with van der Waals surface area (Å²) in [7, 11) is -4.13. The fourth-order valence-corrected chi connectivity index (χ4v) is 2.04. The van der Waals surface area contributed by atoms with Gasteiger partial charge in [-0.25, -0.2) is 0 Å². The van der Waals surface area contributed by atoms with Crippen molar-refractivity contribution in [1.82, 2.24) is 0 Å². The number of ketones is 1. The summed E-state index contributed by atoms with van der Waals surface area (Å²) in [6.45, 7) is -0.669. The zero-order valence-corrected chi connectivity index (χ0v) is 7.17. The highest BCUT2D eigenvalue weighted by Gasteiger charge is 2.54. The monoisotopic (exact) mass is 194 g/mol. The van der Waals surface area contributed by atoms with Crippen LogP contribution in [-0.4, -0.2) is 35.2 Å². The van der Waals surface area contributed by atoms with E-state index in [0.29, 0.717) is 12.8 Å². The van der Waals surface area contributed by atoms with Crippen LogP contribution in [0.5, 0.6) is 0 Å². The Morgan fingerprint density at radius 2 is 1.92 bits per heavy atom. The maximum absolute atomic E-state index is 10.7. The summed E-state index contributed by atoms with van der Waals surface area (Å²) < 4.78 is 28.8. The molecule has 0 atom stereocenters. The van der Waals surface area contributed by atoms with Crippen LogP contribution < -0.4 is 0 Å². The van der Waals surface area contributed by atoms with Gasteiger partial charge in [0.2, 0.25) is 0 Å². The minimum atomic E-state index is -4.13. The Balaban J connectivity index is 2.70. The van der Waals surface area contributed by atoms with E-state index in [-0.39, 0.29) is 6.42 Å². The van der Waals surface area contributed by atoms with Crippen molar-refractivity contribution < 1.29 is 22.9 Å². The minimum Gasteiger partial charge on any atom is -0.389 e. The second kappa shape index (κ2) is 2.79. The van der Waals surface area contributed by atoms with E-state index in [1.807, 2.05) is 0 Å². The maximum Gasteiger partial charge on any atom is 0.271 e. The molecule has 0 unspecified atom stereocenters. The average Bonchev–Trinajstić information content (AvgIpc) is 2.67. The minimum absolute atomic E-state index is 0.275. The van der Waals surface area contributed by atoms with Crippen LogP contribution in [0.15, 0.2) is 0 Å². The van der Waals surface area contributed by atoms with Gasteiger partial charge in [-0.1, -0.05) is 0 Å². The smallest absolute Gasteiger partial charge is 0.271 e. The molecule has 0 aromatic rings. The second-order valence-electron chi connectivity index (χ2n) is 3.03. The summed E-state index contributed by atoms with van der Waals surface area (Å²) in [5.74, 6) is -0.551. The second-order valence-corrected chi connectivity index (χ2v) is 4.85. The summed E-state index contributed by atoms with van der Waals surface area (Å²) in [6, 6.07) is 0. The highest BCUT2D eigenvalue weighted by Crippen LogP contribution is 2.45. The lowest BCUT2D eigenvalue weighted by molar-refractivity contribution is -0.121. The molecular weight excluding hydrogens is 184 g/mol. The Kier molecular flexibility index (Phi) is 2.24. The molecule has 6 heteroatoms. The molecule has 0 amide bonds. The van der Waals surface area contributed by atoms with Crippen LogP contribution in [0, 0.1) is 0 Å². The van der Waals surface area contributed by atoms with Crippen LogP contribution in [0.4, 0.5) is 0 Å². The molecule has 70 valence electrons. The lowest BCUT2D eigenvalue weighted by atomic mass is 10.2. The molecule has 1 rings (SSSR count). The van der Waals surface area contributed by atoms with E-state index in [2.05, 4.69) is 0 Å². The predicted octanol–water partition coefficient (Wildman–Crippen LogP) is -0.642. The molecule has 1 aliphatic rings. The molecule has 0 heterocycles. The fourth-order valence-electron chi connectivity index (χ4n) is 1.08. The number of aliphatic hydroxyl groups excluding tert-OH is 1. The Labute approximate surface area is 70.1 Å². The first kappa shape index (κ1) is 9.63. The van der Waals surface area contributed by atoms with Gasteiger partial charge >= 0.3 is 0 Å². The van der Waals surface area contributed by atoms with Gasteiger partial charge in [0.1, 0.15) is 11.4 Å². The van der Waals surface area contributed by atoms with Crippen LogP contribution in [-0.2, 0) is 14.9 Å². The molecule has 1 aliphatic carbocycles. The van der Waals surface area contributed by atoms with E-state index in [4.69, 9.17) is 9.66 Å². The van der Waals surface area contributed by atoms with Crippen molar-refractivity contribution in [2.75, 3.05) is 6.61 Å². The summed E-state index contributed by atoms with van der Waals surface area (Å²) in [4.78, 5) is 10.7. The van der Waals surface area contributed by atoms with Crippen molar-refractivity contribution in [3.63, 3.8) is 0 Å². The number of hydrogen-bond acceptors (Lipinski definition) is 4. The number of carbonyl (C=O) groups excluding carboxylic acids is 1. The van der Waals surface area contributed by atoms with Gasteiger partial charge < -0.3 is 5.11 Å². The van der Waals surface area contributed by atoms with Crippen molar-refractivity contribution in [3.8, 4) is 0 Å². The lowest BCUT2D eigenvalue weighted by Crippen LogP contribution is -2.26. The third kappa shape index (κ3) is 1.65. The molecule has 0 aliphatic heterocycles. The van der Waals surface area contributed by atoms with Gasteiger partial charge in [-0.05, 0) is 12.8 Å². The fraction of sp³-hybridized carbons (Fsp3) is 0.833. The van der Waals surface area contributed by atoms with Crippen LogP contribution in [0.1, 0.15) is 19.3 Å². The number of rotatable bonds is 4. The largest absolute Gasteiger partial charge is 0.389 e. The Hall–Kier alpha value is -0.460. The van der Waals surface area contributed by atoms with Crippen molar-refractivity contribution in [2.45, 2.75) is 24.0 Å². The summed E-state index contributed by atoms with van der Waals surface area (Å²) in [5.41, 5.74) is 0. The van der Waals surface area contributed by atoms with Gasteiger partial charge in [0.05, 0.1) is 0 Å². The van der Waals surface area contributed by atoms with Gasteiger partial charge in [-0.3, -0.25) is 9.35 Å². The highest BCUT2D eigenvalue weighted by molar-refractivity contribution is 7.87. The molecule has 5 nitrogen and oxygen atoms in total. The standard InChI is InChI=1S/C6H10O5S/c7-4-5(8)3-6(1-2-6)12(9,10)11/h7H,1-4H2,(H,9,10,11). The Morgan fingerprint density at radius 3 is 2.17 bits per heavy atom. The first-order valence-electron chi connectivity index (χ1n) is 3.51. The van der Waals surface area contributed by atoms with Crippen LogP contribution in [0.25, 0.3) is 0 Å². The Morgan fingerprint density at radius 1 is 1.42 bits per heavy atom. The number of hydrogen-bond donors (Lipinski definition) is 2. The van der Waals surface area contributed by atoms with E-state index in [1.54, 1.807) is 0 Å². The predicted molar refractivity (Wildman–Crippen MR) is 40.2 cm³/mol. The number of Topliss-reactive ketones (excluding diaryl/α,β-unsaturated/α-hetero) is 1. The zero-order chi connectivity index (χ0) is 9.41. The SMILES string of the molecule is O=C(CO)CC1(S(=O)(=O)O)CC1. The maximum atomic E-state index is 10.7. The first-order chi connectivity index (χ1) is 5.41. The van der Waals surface area contributed by atoms with Crippen molar-refractivity contribution in [2.24, 2.45) is 0 Å². The van der Waals surface area contributed by atoms with Crippen LogP contribution >= 0.6 is 0 Å². The molecule has 0 bridgehead atoms. The van der Waals surface area contributed by atoms with E-state index < -0.39 is 27.3 Å². The van der Waals surface area contributed by atoms with Gasteiger partial charge in [0.15, 0.2) is 5.78 Å². The molecule has 0 spiro atoms. The Bertz CT molecular complexity index is 287. The first-order valence-corrected chi connectivity index (χ1v) is 4.95. The van der Waals surface area contributed by atoms with Crippen LogP contribution in [0.3, 0.4) is 0 Å². The lowest BCUT2D eigenvalue weighted by Gasteiger charge is -2.08. The molecule has 1 fully saturated rings. The number of carbonyl (C=O) groups is 1. The van der Waals surface area contributed by atoms with E-state index in [0.717, 1.165) is 0 Å².